The molecule has 2 N–H and O–H groups in total. The summed E-state index contributed by atoms with van der Waals surface area (Å²) in [5.41, 5.74) is 0.423. The number of rotatable bonds is 4. The Morgan fingerprint density at radius 3 is 2.89 bits per heavy atom. The summed E-state index contributed by atoms with van der Waals surface area (Å²) < 4.78 is 26.7. The highest BCUT2D eigenvalue weighted by Crippen LogP contribution is 2.11. The minimum absolute atomic E-state index is 0.0220. The van der Waals surface area contributed by atoms with E-state index in [9.17, 15) is 8.42 Å². The summed E-state index contributed by atoms with van der Waals surface area (Å²) >= 11 is 0. The van der Waals surface area contributed by atoms with Gasteiger partial charge in [0.05, 0.1) is 5.69 Å². The van der Waals surface area contributed by atoms with Gasteiger partial charge in [-0.15, -0.1) is 0 Å². The molecular weight excluding hydrogens is 252 g/mol. The zero-order valence-electron chi connectivity index (χ0n) is 10.4. The zero-order valence-corrected chi connectivity index (χ0v) is 11.2. The molecule has 0 aliphatic carbocycles. The maximum Gasteiger partial charge on any atom is 0.259 e. The monoisotopic (exact) mass is 270 g/mol. The second-order valence-electron chi connectivity index (χ2n) is 4.51. The fourth-order valence-electron chi connectivity index (χ4n) is 2.05. The van der Waals surface area contributed by atoms with Crippen molar-refractivity contribution in [3.8, 4) is 0 Å². The lowest BCUT2D eigenvalue weighted by atomic mass is 10.0. The average molecular weight is 270 g/mol. The van der Waals surface area contributed by atoms with Crippen molar-refractivity contribution in [3.05, 3.63) is 18.1 Å². The van der Waals surface area contributed by atoms with Crippen LogP contribution in [0.2, 0.25) is 0 Å². The number of hydrogen-bond acceptors (Lipinski definition) is 5. The van der Waals surface area contributed by atoms with Crippen molar-refractivity contribution in [2.45, 2.75) is 24.8 Å². The third-order valence-corrected chi connectivity index (χ3v) is 4.51. The molecule has 1 aromatic rings. The van der Waals surface area contributed by atoms with Gasteiger partial charge in [-0.25, -0.2) is 18.1 Å². The smallest absolute Gasteiger partial charge is 0.259 e. The standard InChI is InChI=1S/C11H18N4O2S/c1-9-11(14-6-5-13-9)18(16,17)15-8-10-3-2-4-12-7-10/h5-6,10,12,15H,2-4,7-8H2,1H3/t10-/m0/s1. The Kier molecular flexibility index (Phi) is 4.26. The average Bonchev–Trinajstić information content (AvgIpc) is 2.38. The molecule has 0 radical (unpaired) electrons. The predicted octanol–water partition coefficient (Wildman–Crippen LogP) is 0.0629. The molecule has 2 rings (SSSR count). The molecule has 0 saturated carbocycles. The van der Waals surface area contributed by atoms with Gasteiger partial charge in [-0.1, -0.05) is 0 Å². The Balaban J connectivity index is 2.01. The molecule has 0 unspecified atom stereocenters. The van der Waals surface area contributed by atoms with E-state index in [1.165, 1.54) is 12.4 Å². The van der Waals surface area contributed by atoms with Crippen molar-refractivity contribution in [3.63, 3.8) is 0 Å². The van der Waals surface area contributed by atoms with Gasteiger partial charge in [0.1, 0.15) is 0 Å². The van der Waals surface area contributed by atoms with E-state index in [0.717, 1.165) is 25.9 Å². The van der Waals surface area contributed by atoms with Gasteiger partial charge >= 0.3 is 0 Å². The number of sulfonamides is 1. The largest absolute Gasteiger partial charge is 0.316 e. The van der Waals surface area contributed by atoms with Gasteiger partial charge < -0.3 is 5.32 Å². The van der Waals surface area contributed by atoms with Crippen molar-refractivity contribution >= 4 is 10.0 Å². The molecule has 1 atom stereocenters. The first-order valence-corrected chi connectivity index (χ1v) is 7.56. The maximum absolute atomic E-state index is 12.1. The molecule has 7 heteroatoms. The lowest BCUT2D eigenvalue weighted by Crippen LogP contribution is -2.38. The minimum atomic E-state index is -3.54. The van der Waals surface area contributed by atoms with Gasteiger partial charge in [-0.2, -0.15) is 0 Å². The Morgan fingerprint density at radius 1 is 1.44 bits per heavy atom. The van der Waals surface area contributed by atoms with Crippen LogP contribution in [0.25, 0.3) is 0 Å². The number of aromatic nitrogens is 2. The first-order chi connectivity index (χ1) is 8.59. The maximum atomic E-state index is 12.1. The van der Waals surface area contributed by atoms with E-state index in [0.29, 0.717) is 18.2 Å². The lowest BCUT2D eigenvalue weighted by Gasteiger charge is -2.22. The third-order valence-electron chi connectivity index (χ3n) is 3.05. The Hall–Kier alpha value is -1.05. The van der Waals surface area contributed by atoms with Gasteiger partial charge in [-0.3, -0.25) is 4.98 Å². The van der Waals surface area contributed by atoms with Crippen LogP contribution in [0.4, 0.5) is 0 Å². The van der Waals surface area contributed by atoms with E-state index in [4.69, 9.17) is 0 Å². The predicted molar refractivity (Wildman–Crippen MR) is 67.6 cm³/mol. The van der Waals surface area contributed by atoms with E-state index in [1.54, 1.807) is 6.92 Å². The molecule has 6 nitrogen and oxygen atoms in total. The molecule has 0 bridgehead atoms. The van der Waals surface area contributed by atoms with Crippen molar-refractivity contribution in [2.24, 2.45) is 5.92 Å². The van der Waals surface area contributed by atoms with Crippen LogP contribution in [0.15, 0.2) is 17.4 Å². The van der Waals surface area contributed by atoms with Crippen molar-refractivity contribution in [1.82, 2.24) is 20.0 Å². The number of nitrogens with zero attached hydrogens (tertiary/aromatic N) is 2. The summed E-state index contributed by atoms with van der Waals surface area (Å²) in [7, 11) is -3.54. The summed E-state index contributed by atoms with van der Waals surface area (Å²) in [6, 6.07) is 0. The summed E-state index contributed by atoms with van der Waals surface area (Å²) in [5.74, 6) is 0.352. The van der Waals surface area contributed by atoms with Gasteiger partial charge in [0.15, 0.2) is 5.03 Å². The highest BCUT2D eigenvalue weighted by atomic mass is 32.2. The first-order valence-electron chi connectivity index (χ1n) is 6.07. The molecule has 0 amide bonds. The minimum Gasteiger partial charge on any atom is -0.316 e. The number of aryl methyl sites for hydroxylation is 1. The Bertz CT molecular complexity index is 498. The zero-order chi connectivity index (χ0) is 13.0. The van der Waals surface area contributed by atoms with Crippen LogP contribution in [-0.2, 0) is 10.0 Å². The molecule has 18 heavy (non-hydrogen) atoms. The van der Waals surface area contributed by atoms with Crippen LogP contribution in [0, 0.1) is 12.8 Å². The topological polar surface area (TPSA) is 84.0 Å². The van der Waals surface area contributed by atoms with E-state index in [2.05, 4.69) is 20.0 Å². The number of piperidine rings is 1. The van der Waals surface area contributed by atoms with Gasteiger partial charge in [0, 0.05) is 18.9 Å². The highest BCUT2D eigenvalue weighted by molar-refractivity contribution is 7.89. The molecule has 2 heterocycles. The molecule has 100 valence electrons. The third kappa shape index (κ3) is 3.24. The van der Waals surface area contributed by atoms with Crippen LogP contribution >= 0.6 is 0 Å². The fourth-order valence-corrected chi connectivity index (χ4v) is 3.29. The SMILES string of the molecule is Cc1nccnc1S(=O)(=O)NC[C@H]1CCCNC1. The molecular formula is C11H18N4O2S. The number of nitrogens with one attached hydrogen (secondary N) is 2. The molecule has 1 aromatic heterocycles. The molecule has 1 aliphatic rings. The summed E-state index contributed by atoms with van der Waals surface area (Å²) in [4.78, 5) is 7.83. The number of hydrogen-bond donors (Lipinski definition) is 2. The van der Waals surface area contributed by atoms with Crippen LogP contribution in [0.1, 0.15) is 18.5 Å². The van der Waals surface area contributed by atoms with Crippen molar-refractivity contribution in [1.29, 1.82) is 0 Å². The van der Waals surface area contributed by atoms with Crippen LogP contribution in [-0.4, -0.2) is 38.0 Å². The van der Waals surface area contributed by atoms with E-state index < -0.39 is 10.0 Å². The van der Waals surface area contributed by atoms with Crippen LogP contribution < -0.4 is 10.0 Å². The highest BCUT2D eigenvalue weighted by Gasteiger charge is 2.21. The van der Waals surface area contributed by atoms with E-state index in [-0.39, 0.29) is 5.03 Å². The van der Waals surface area contributed by atoms with E-state index >= 15 is 0 Å². The van der Waals surface area contributed by atoms with Gasteiger partial charge in [-0.05, 0) is 38.8 Å². The first kappa shape index (κ1) is 13.4. The second-order valence-corrected chi connectivity index (χ2v) is 6.19. The molecule has 1 saturated heterocycles. The molecule has 0 aromatic carbocycles. The van der Waals surface area contributed by atoms with Crippen molar-refractivity contribution < 1.29 is 8.42 Å². The summed E-state index contributed by atoms with van der Waals surface area (Å²) in [6.45, 7) is 3.98. The normalized spacial score (nSPS) is 20.8. The second kappa shape index (κ2) is 5.73. The fraction of sp³-hybridized carbons (Fsp3) is 0.636. The van der Waals surface area contributed by atoms with Crippen molar-refractivity contribution in [2.75, 3.05) is 19.6 Å². The van der Waals surface area contributed by atoms with Gasteiger partial charge in [0.2, 0.25) is 0 Å². The summed E-state index contributed by atoms with van der Waals surface area (Å²) in [6.07, 6.45) is 5.02. The molecule has 1 fully saturated rings. The quantitative estimate of drug-likeness (QED) is 0.808. The van der Waals surface area contributed by atoms with Crippen LogP contribution in [0.5, 0.6) is 0 Å². The molecule has 1 aliphatic heterocycles. The van der Waals surface area contributed by atoms with E-state index in [1.807, 2.05) is 0 Å². The molecule has 0 spiro atoms. The Morgan fingerprint density at radius 2 is 2.22 bits per heavy atom. The lowest BCUT2D eigenvalue weighted by molar-refractivity contribution is 0.375. The Labute approximate surface area is 107 Å². The summed E-state index contributed by atoms with van der Waals surface area (Å²) in [5, 5.41) is 3.28. The van der Waals surface area contributed by atoms with Crippen LogP contribution in [0.3, 0.4) is 0 Å². The van der Waals surface area contributed by atoms with Gasteiger partial charge in [0.25, 0.3) is 10.0 Å².